The molecule has 106 valence electrons. The van der Waals surface area contributed by atoms with Gasteiger partial charge in [0.05, 0.1) is 6.10 Å². The molecule has 0 bridgehead atoms. The molecule has 1 aliphatic carbocycles. The lowest BCUT2D eigenvalue weighted by Gasteiger charge is -2.35. The molecule has 0 aromatic rings. The smallest absolute Gasteiger partial charge is 0.0693 e. The minimum atomic E-state index is -0.110. The highest BCUT2D eigenvalue weighted by Crippen LogP contribution is 2.20. The van der Waals surface area contributed by atoms with Crippen LogP contribution in [0.3, 0.4) is 0 Å². The molecule has 2 aliphatic rings. The molecule has 0 amide bonds. The highest BCUT2D eigenvalue weighted by molar-refractivity contribution is 4.85. The van der Waals surface area contributed by atoms with Crippen molar-refractivity contribution >= 4 is 0 Å². The van der Waals surface area contributed by atoms with Gasteiger partial charge in [-0.05, 0) is 51.7 Å². The minimum absolute atomic E-state index is 0.110. The Kier molecular flexibility index (Phi) is 5.93. The number of rotatable bonds is 4. The van der Waals surface area contributed by atoms with Crippen molar-refractivity contribution in [1.29, 1.82) is 0 Å². The first-order valence-electron chi connectivity index (χ1n) is 7.96. The molecule has 1 heterocycles. The third-order valence-corrected chi connectivity index (χ3v) is 4.56. The Hall–Kier alpha value is -0.120. The van der Waals surface area contributed by atoms with Crippen molar-refractivity contribution in [2.75, 3.05) is 19.6 Å². The molecule has 18 heavy (non-hydrogen) atoms. The van der Waals surface area contributed by atoms with Crippen molar-refractivity contribution in [3.8, 4) is 0 Å². The van der Waals surface area contributed by atoms with Gasteiger partial charge in [-0.3, -0.25) is 0 Å². The summed E-state index contributed by atoms with van der Waals surface area (Å²) in [5.41, 5.74) is 0. The fourth-order valence-corrected chi connectivity index (χ4v) is 3.42. The molecule has 3 heteroatoms. The van der Waals surface area contributed by atoms with E-state index in [0.29, 0.717) is 12.1 Å². The van der Waals surface area contributed by atoms with E-state index in [9.17, 15) is 5.11 Å². The van der Waals surface area contributed by atoms with Crippen molar-refractivity contribution in [3.05, 3.63) is 0 Å². The number of hydrogen-bond donors (Lipinski definition) is 2. The summed E-state index contributed by atoms with van der Waals surface area (Å²) in [5.74, 6) is 0. The standard InChI is InChI=1S/C15H30N2O/c1-2-10-17-11-8-13(9-12-17)16-14-6-4-3-5-7-15(14)18/h13-16,18H,2-12H2,1H3. The summed E-state index contributed by atoms with van der Waals surface area (Å²) in [7, 11) is 0. The molecule has 2 rings (SSSR count). The second-order valence-corrected chi connectivity index (χ2v) is 6.09. The molecule has 3 nitrogen and oxygen atoms in total. The predicted octanol–water partition coefficient (Wildman–Crippen LogP) is 2.14. The molecule has 1 saturated carbocycles. The number of piperidine rings is 1. The zero-order valence-electron chi connectivity index (χ0n) is 11.9. The van der Waals surface area contributed by atoms with E-state index in [1.54, 1.807) is 0 Å². The largest absolute Gasteiger partial charge is 0.392 e. The molecule has 0 radical (unpaired) electrons. The molecule has 1 saturated heterocycles. The first-order valence-corrected chi connectivity index (χ1v) is 7.96. The van der Waals surface area contributed by atoms with Gasteiger partial charge in [0.15, 0.2) is 0 Å². The van der Waals surface area contributed by atoms with Crippen molar-refractivity contribution < 1.29 is 5.11 Å². The average molecular weight is 254 g/mol. The van der Waals surface area contributed by atoms with E-state index in [2.05, 4.69) is 17.1 Å². The van der Waals surface area contributed by atoms with Crippen LogP contribution >= 0.6 is 0 Å². The number of likely N-dealkylation sites (tertiary alicyclic amines) is 1. The molecular weight excluding hydrogens is 224 g/mol. The normalized spacial score (nSPS) is 32.3. The van der Waals surface area contributed by atoms with E-state index >= 15 is 0 Å². The van der Waals surface area contributed by atoms with Crippen LogP contribution in [0, 0.1) is 0 Å². The Morgan fingerprint density at radius 1 is 1.06 bits per heavy atom. The topological polar surface area (TPSA) is 35.5 Å². The fraction of sp³-hybridized carbons (Fsp3) is 1.00. The molecule has 1 aliphatic heterocycles. The lowest BCUT2D eigenvalue weighted by molar-refractivity contribution is 0.102. The average Bonchev–Trinajstić information content (AvgIpc) is 2.58. The van der Waals surface area contributed by atoms with E-state index in [-0.39, 0.29) is 6.10 Å². The van der Waals surface area contributed by atoms with E-state index in [1.807, 2.05) is 0 Å². The molecule has 2 atom stereocenters. The van der Waals surface area contributed by atoms with E-state index in [0.717, 1.165) is 12.8 Å². The summed E-state index contributed by atoms with van der Waals surface area (Å²) < 4.78 is 0. The van der Waals surface area contributed by atoms with Crippen LogP contribution < -0.4 is 5.32 Å². The van der Waals surface area contributed by atoms with E-state index < -0.39 is 0 Å². The summed E-state index contributed by atoms with van der Waals surface area (Å²) in [5, 5.41) is 13.9. The summed E-state index contributed by atoms with van der Waals surface area (Å²) >= 11 is 0. The van der Waals surface area contributed by atoms with Crippen molar-refractivity contribution in [1.82, 2.24) is 10.2 Å². The zero-order chi connectivity index (χ0) is 12.8. The Morgan fingerprint density at radius 2 is 1.78 bits per heavy atom. The maximum absolute atomic E-state index is 10.1. The summed E-state index contributed by atoms with van der Waals surface area (Å²) in [6, 6.07) is 0.992. The molecule has 2 unspecified atom stereocenters. The van der Waals surface area contributed by atoms with Crippen LogP contribution in [0.2, 0.25) is 0 Å². The van der Waals surface area contributed by atoms with Gasteiger partial charge in [0.25, 0.3) is 0 Å². The summed E-state index contributed by atoms with van der Waals surface area (Å²) in [6.45, 7) is 5.97. The van der Waals surface area contributed by atoms with Gasteiger partial charge >= 0.3 is 0 Å². The number of hydrogen-bond acceptors (Lipinski definition) is 3. The molecular formula is C15H30N2O. The van der Waals surface area contributed by atoms with Crippen LogP contribution in [-0.4, -0.2) is 47.8 Å². The van der Waals surface area contributed by atoms with Gasteiger partial charge in [0.2, 0.25) is 0 Å². The number of nitrogens with zero attached hydrogens (tertiary/aromatic N) is 1. The van der Waals surface area contributed by atoms with Gasteiger partial charge in [-0.15, -0.1) is 0 Å². The van der Waals surface area contributed by atoms with Gasteiger partial charge < -0.3 is 15.3 Å². The van der Waals surface area contributed by atoms with Gasteiger partial charge in [-0.1, -0.05) is 26.2 Å². The predicted molar refractivity (Wildman–Crippen MR) is 75.8 cm³/mol. The third-order valence-electron chi connectivity index (χ3n) is 4.56. The van der Waals surface area contributed by atoms with Crippen LogP contribution in [0.15, 0.2) is 0 Å². The van der Waals surface area contributed by atoms with Crippen molar-refractivity contribution in [3.63, 3.8) is 0 Å². The number of aliphatic hydroxyl groups is 1. The second-order valence-electron chi connectivity index (χ2n) is 6.09. The Bertz CT molecular complexity index is 227. The van der Waals surface area contributed by atoms with Gasteiger partial charge in [-0.25, -0.2) is 0 Å². The Labute approximate surface area is 112 Å². The lowest BCUT2D eigenvalue weighted by Crippen LogP contribution is -2.49. The van der Waals surface area contributed by atoms with Crippen LogP contribution in [0.1, 0.15) is 58.3 Å². The molecule has 2 N–H and O–H groups in total. The van der Waals surface area contributed by atoms with Gasteiger partial charge in [-0.2, -0.15) is 0 Å². The Balaban J connectivity index is 1.73. The summed E-state index contributed by atoms with van der Waals surface area (Å²) in [6.07, 6.45) is 9.59. The maximum atomic E-state index is 10.1. The number of nitrogens with one attached hydrogen (secondary N) is 1. The van der Waals surface area contributed by atoms with Crippen LogP contribution in [-0.2, 0) is 0 Å². The third kappa shape index (κ3) is 4.22. The molecule has 0 aromatic heterocycles. The van der Waals surface area contributed by atoms with Crippen molar-refractivity contribution in [2.45, 2.75) is 76.5 Å². The first-order chi connectivity index (χ1) is 8.79. The van der Waals surface area contributed by atoms with Gasteiger partial charge in [0.1, 0.15) is 0 Å². The molecule has 0 spiro atoms. The molecule has 2 fully saturated rings. The van der Waals surface area contributed by atoms with Crippen LogP contribution in [0.4, 0.5) is 0 Å². The zero-order valence-corrected chi connectivity index (χ0v) is 11.9. The Morgan fingerprint density at radius 3 is 2.50 bits per heavy atom. The molecule has 0 aromatic carbocycles. The van der Waals surface area contributed by atoms with Crippen LogP contribution in [0.5, 0.6) is 0 Å². The second kappa shape index (κ2) is 7.46. The quantitative estimate of drug-likeness (QED) is 0.755. The maximum Gasteiger partial charge on any atom is 0.0693 e. The monoisotopic (exact) mass is 254 g/mol. The van der Waals surface area contributed by atoms with Crippen LogP contribution in [0.25, 0.3) is 0 Å². The SMILES string of the molecule is CCCN1CCC(NC2CCCCCC2O)CC1. The van der Waals surface area contributed by atoms with E-state index in [1.165, 1.54) is 58.2 Å². The first kappa shape index (κ1) is 14.3. The highest BCUT2D eigenvalue weighted by atomic mass is 16.3. The number of aliphatic hydroxyl groups excluding tert-OH is 1. The highest BCUT2D eigenvalue weighted by Gasteiger charge is 2.26. The van der Waals surface area contributed by atoms with Crippen molar-refractivity contribution in [2.24, 2.45) is 0 Å². The fourth-order valence-electron chi connectivity index (χ4n) is 3.42. The van der Waals surface area contributed by atoms with E-state index in [4.69, 9.17) is 0 Å². The van der Waals surface area contributed by atoms with Gasteiger partial charge in [0, 0.05) is 12.1 Å². The summed E-state index contributed by atoms with van der Waals surface area (Å²) in [4.78, 5) is 2.57. The minimum Gasteiger partial charge on any atom is -0.392 e. The lowest BCUT2D eigenvalue weighted by atomic mass is 10.00.